The number of hydrogen-bond acceptors (Lipinski definition) is 4. The number of nitrogens with one attached hydrogen (secondary N) is 2. The number of likely N-dealkylation sites (tertiary alicyclic amines) is 1. The molecule has 4 fully saturated rings. The quantitative estimate of drug-likeness (QED) is 0.348. The van der Waals surface area contributed by atoms with Gasteiger partial charge in [0.1, 0.15) is 0 Å². The first kappa shape index (κ1) is 27.6. The first-order valence-corrected chi connectivity index (χ1v) is 16.1. The van der Waals surface area contributed by atoms with Gasteiger partial charge in [0.2, 0.25) is 0 Å². The van der Waals surface area contributed by atoms with Crippen LogP contribution < -0.4 is 16.4 Å². The zero-order valence-electron chi connectivity index (χ0n) is 21.9. The third-order valence-corrected chi connectivity index (χ3v) is 11.2. The van der Waals surface area contributed by atoms with Crippen molar-refractivity contribution in [2.24, 2.45) is 23.5 Å². The minimum Gasteiger partial charge on any atom is -0.382 e. The molecule has 2 heterocycles. The van der Waals surface area contributed by atoms with E-state index in [2.05, 4.69) is 21.6 Å². The van der Waals surface area contributed by atoms with Crippen molar-refractivity contribution in [3.8, 4) is 0 Å². The van der Waals surface area contributed by atoms with E-state index in [9.17, 15) is 0 Å². The topological polar surface area (TPSA) is 53.3 Å². The van der Waals surface area contributed by atoms with Crippen molar-refractivity contribution in [2.45, 2.75) is 105 Å². The second kappa shape index (κ2) is 12.9. The van der Waals surface area contributed by atoms with Gasteiger partial charge < -0.3 is 21.3 Å². The maximum atomic E-state index is 6.98. The van der Waals surface area contributed by atoms with Gasteiger partial charge >= 0.3 is 0 Å². The summed E-state index contributed by atoms with van der Waals surface area (Å²) in [6, 6.07) is 0.775. The van der Waals surface area contributed by atoms with E-state index in [0.29, 0.717) is 30.3 Å². The fourth-order valence-electron chi connectivity index (χ4n) is 7.64. The molecule has 4 N–H and O–H groups in total. The van der Waals surface area contributed by atoms with Gasteiger partial charge in [-0.15, -0.1) is 34.8 Å². The highest BCUT2D eigenvalue weighted by molar-refractivity contribution is 6.24. The smallest absolute Gasteiger partial charge is 0.0585 e. The Labute approximate surface area is 234 Å². The summed E-state index contributed by atoms with van der Waals surface area (Å²) in [5.41, 5.74) is 10.5. The molecular weight excluding hydrogens is 511 g/mol. The summed E-state index contributed by atoms with van der Waals surface area (Å²) < 4.78 is 0. The summed E-state index contributed by atoms with van der Waals surface area (Å²) in [4.78, 5) is 2.71. The first-order chi connectivity index (χ1) is 17.5. The zero-order valence-corrected chi connectivity index (χ0v) is 24.1. The lowest BCUT2D eigenvalue weighted by Gasteiger charge is -2.40. The molecule has 4 nitrogen and oxygen atoms in total. The van der Waals surface area contributed by atoms with Crippen LogP contribution in [0.5, 0.6) is 0 Å². The highest BCUT2D eigenvalue weighted by Crippen LogP contribution is 2.44. The van der Waals surface area contributed by atoms with Crippen LogP contribution in [0.1, 0.15) is 77.0 Å². The van der Waals surface area contributed by atoms with Gasteiger partial charge in [0, 0.05) is 42.7 Å². The summed E-state index contributed by atoms with van der Waals surface area (Å²) in [5.74, 6) is 1.62. The Hall–Kier alpha value is 0.0300. The Morgan fingerprint density at radius 2 is 1.67 bits per heavy atom. The molecule has 2 saturated heterocycles. The van der Waals surface area contributed by atoms with Crippen LogP contribution in [0.25, 0.3) is 0 Å². The average Bonchev–Trinajstić information content (AvgIpc) is 3.35. The summed E-state index contributed by atoms with van der Waals surface area (Å²) in [6.45, 7) is 5.36. The van der Waals surface area contributed by atoms with E-state index >= 15 is 0 Å². The Kier molecular flexibility index (Phi) is 9.90. The van der Waals surface area contributed by atoms with Crippen molar-refractivity contribution < 1.29 is 0 Å². The van der Waals surface area contributed by atoms with E-state index in [0.717, 1.165) is 32.1 Å². The molecule has 0 bridgehead atoms. The van der Waals surface area contributed by atoms with Crippen molar-refractivity contribution in [1.82, 2.24) is 15.5 Å². The van der Waals surface area contributed by atoms with Gasteiger partial charge in [-0.05, 0) is 87.4 Å². The van der Waals surface area contributed by atoms with Crippen LogP contribution in [0.3, 0.4) is 0 Å². The molecule has 0 aromatic heterocycles. The van der Waals surface area contributed by atoms with Crippen LogP contribution in [0.2, 0.25) is 0 Å². The number of piperidine rings is 1. The van der Waals surface area contributed by atoms with Gasteiger partial charge in [-0.25, -0.2) is 0 Å². The van der Waals surface area contributed by atoms with Gasteiger partial charge in [0.25, 0.3) is 0 Å². The summed E-state index contributed by atoms with van der Waals surface area (Å²) in [5, 5.41) is 7.99. The highest BCUT2D eigenvalue weighted by atomic mass is 35.5. The van der Waals surface area contributed by atoms with E-state index in [-0.39, 0.29) is 22.2 Å². The molecule has 0 amide bonds. The number of halogens is 3. The highest BCUT2D eigenvalue weighted by Gasteiger charge is 2.39. The molecular formula is C29H47Cl3N4. The predicted octanol–water partition coefficient (Wildman–Crippen LogP) is 5.76. The maximum Gasteiger partial charge on any atom is 0.0585 e. The van der Waals surface area contributed by atoms with Gasteiger partial charge in [0.15, 0.2) is 0 Å². The van der Waals surface area contributed by atoms with Crippen LogP contribution in [0, 0.1) is 17.8 Å². The van der Waals surface area contributed by atoms with Crippen LogP contribution in [-0.4, -0.2) is 65.8 Å². The average molecular weight is 558 g/mol. The van der Waals surface area contributed by atoms with E-state index in [4.69, 9.17) is 40.5 Å². The Morgan fingerprint density at radius 1 is 0.917 bits per heavy atom. The largest absolute Gasteiger partial charge is 0.382 e. The number of nitrogens with two attached hydrogens (primary N) is 1. The molecule has 3 aliphatic carbocycles. The maximum absolute atomic E-state index is 6.98. The third kappa shape index (κ3) is 6.42. The second-order valence-electron chi connectivity index (χ2n) is 12.1. The van der Waals surface area contributed by atoms with Gasteiger partial charge in [-0.2, -0.15) is 0 Å². The molecule has 2 aliphatic heterocycles. The van der Waals surface area contributed by atoms with E-state index in [1.165, 1.54) is 88.0 Å². The van der Waals surface area contributed by atoms with E-state index < -0.39 is 0 Å². The van der Waals surface area contributed by atoms with Crippen molar-refractivity contribution in [3.63, 3.8) is 0 Å². The molecule has 7 atom stereocenters. The Morgan fingerprint density at radius 3 is 2.39 bits per heavy atom. The first-order valence-electron chi connectivity index (χ1n) is 14.8. The van der Waals surface area contributed by atoms with Crippen molar-refractivity contribution in [2.75, 3.05) is 32.7 Å². The minimum atomic E-state index is 0.0704. The minimum absolute atomic E-state index is 0.0704. The number of nitrogens with zero attached hydrogens (tertiary/aromatic N) is 1. The van der Waals surface area contributed by atoms with Crippen LogP contribution >= 0.6 is 34.8 Å². The summed E-state index contributed by atoms with van der Waals surface area (Å²) in [7, 11) is 0. The standard InChI is InChI=1S/C29H47Cl3N4/c30-25-8-2-1-7-22(25)23-14-20(19-11-13-36(17-19)18-21-6-3-4-12-34-21)15-28(24(23)16-33)35-29-26(31)9-5-10-27(29)32/h14,19-22,25-27,29,34-35H,1-13,15-18,33H2. The number of rotatable bonds is 7. The molecule has 36 heavy (non-hydrogen) atoms. The normalized spacial score (nSPS) is 40.8. The Balaban J connectivity index is 1.36. The fraction of sp³-hybridized carbons (Fsp3) is 0.862. The summed E-state index contributed by atoms with van der Waals surface area (Å²) in [6.07, 6.45) is 16.9. The molecule has 0 spiro atoms. The van der Waals surface area contributed by atoms with Gasteiger partial charge in [-0.1, -0.05) is 31.8 Å². The molecule has 5 rings (SSSR count). The van der Waals surface area contributed by atoms with Crippen LogP contribution in [0.15, 0.2) is 22.9 Å². The third-order valence-electron chi connectivity index (χ3n) is 9.72. The predicted molar refractivity (Wildman–Crippen MR) is 154 cm³/mol. The monoisotopic (exact) mass is 556 g/mol. The van der Waals surface area contributed by atoms with Crippen molar-refractivity contribution >= 4 is 34.8 Å². The summed E-state index contributed by atoms with van der Waals surface area (Å²) >= 11 is 20.6. The molecule has 5 aliphatic rings. The number of alkyl halides is 3. The Bertz CT molecular complexity index is 785. The molecule has 2 saturated carbocycles. The van der Waals surface area contributed by atoms with Crippen molar-refractivity contribution in [1.29, 1.82) is 0 Å². The van der Waals surface area contributed by atoms with Crippen molar-refractivity contribution in [3.05, 3.63) is 22.9 Å². The lowest BCUT2D eigenvalue weighted by atomic mass is 9.72. The number of allylic oxidation sites excluding steroid dienone is 2. The molecule has 0 aromatic carbocycles. The lowest BCUT2D eigenvalue weighted by molar-refractivity contribution is 0.247. The number of hydrogen-bond donors (Lipinski definition) is 3. The molecule has 0 aromatic rings. The fourth-order valence-corrected chi connectivity index (χ4v) is 8.92. The van der Waals surface area contributed by atoms with E-state index in [1.807, 2.05) is 0 Å². The van der Waals surface area contributed by atoms with Crippen LogP contribution in [-0.2, 0) is 0 Å². The second-order valence-corrected chi connectivity index (χ2v) is 13.8. The lowest BCUT2D eigenvalue weighted by Crippen LogP contribution is -2.47. The zero-order chi connectivity index (χ0) is 25.1. The molecule has 7 heteroatoms. The molecule has 7 unspecified atom stereocenters. The van der Waals surface area contributed by atoms with Crippen LogP contribution in [0.4, 0.5) is 0 Å². The van der Waals surface area contributed by atoms with Gasteiger partial charge in [0.05, 0.1) is 16.8 Å². The van der Waals surface area contributed by atoms with E-state index in [1.54, 1.807) is 0 Å². The molecule has 204 valence electrons. The SMILES string of the molecule is NCC1=C(NC2C(Cl)CCCC2Cl)CC(C2CCN(CC3CCCCN3)C2)C=C1C1CCCCC1Cl. The molecule has 0 radical (unpaired) electrons. The van der Waals surface area contributed by atoms with Gasteiger partial charge in [-0.3, -0.25) is 0 Å².